The first-order valence-electron chi connectivity index (χ1n) is 4.82. The van der Waals surface area contributed by atoms with Gasteiger partial charge in [0.15, 0.2) is 0 Å². The van der Waals surface area contributed by atoms with E-state index in [0.717, 1.165) is 5.56 Å². The fourth-order valence-electron chi connectivity index (χ4n) is 1.25. The van der Waals surface area contributed by atoms with E-state index in [1.807, 2.05) is 12.1 Å². The van der Waals surface area contributed by atoms with E-state index in [9.17, 15) is 4.39 Å². The molecule has 0 spiro atoms. The Morgan fingerprint density at radius 1 is 1.31 bits per heavy atom. The highest BCUT2D eigenvalue weighted by Gasteiger charge is 2.00. The molecule has 0 aliphatic rings. The highest BCUT2D eigenvalue weighted by molar-refractivity contribution is 6.32. The fourth-order valence-corrected chi connectivity index (χ4v) is 1.25. The van der Waals surface area contributed by atoms with E-state index in [-0.39, 0.29) is 5.46 Å². The Bertz CT molecular complexity index is 476. The first-order chi connectivity index (χ1) is 7.75. The zero-order valence-corrected chi connectivity index (χ0v) is 8.56. The number of halogens is 1. The predicted molar refractivity (Wildman–Crippen MR) is 60.4 cm³/mol. The molecular weight excluding hydrogens is 204 g/mol. The van der Waals surface area contributed by atoms with Gasteiger partial charge >= 0.3 is 0 Å². The molecule has 0 unspecified atom stereocenters. The normalized spacial score (nSPS) is 10.1. The van der Waals surface area contributed by atoms with Crippen molar-refractivity contribution in [3.8, 4) is 5.75 Å². The molecule has 2 radical (unpaired) electrons. The third kappa shape index (κ3) is 2.60. The Morgan fingerprint density at radius 3 is 2.88 bits per heavy atom. The van der Waals surface area contributed by atoms with Gasteiger partial charge in [-0.15, -0.1) is 0 Å². The number of nitrogens with zero attached hydrogens (tertiary/aromatic N) is 1. The molecule has 2 rings (SSSR count). The standard InChI is InChI=1S/C12H9BFNO/c13-11-4-3-10(6-12(11)14)16-8-9-2-1-5-15-7-9/h1-7H,8H2. The second-order valence-corrected chi connectivity index (χ2v) is 3.33. The summed E-state index contributed by atoms with van der Waals surface area (Å²) in [5.74, 6) is -0.0146. The van der Waals surface area contributed by atoms with Crippen LogP contribution in [0.15, 0.2) is 42.7 Å². The number of pyridine rings is 1. The second kappa shape index (κ2) is 4.79. The largest absolute Gasteiger partial charge is 0.489 e. The van der Waals surface area contributed by atoms with Gasteiger partial charge in [-0.1, -0.05) is 17.6 Å². The number of ether oxygens (including phenoxy) is 1. The van der Waals surface area contributed by atoms with Crippen molar-refractivity contribution in [2.45, 2.75) is 6.61 Å². The van der Waals surface area contributed by atoms with Crippen molar-refractivity contribution in [3.05, 3.63) is 54.1 Å². The van der Waals surface area contributed by atoms with E-state index < -0.39 is 5.82 Å². The fraction of sp³-hybridized carbons (Fsp3) is 0.0833. The zero-order chi connectivity index (χ0) is 11.4. The summed E-state index contributed by atoms with van der Waals surface area (Å²) in [6.07, 6.45) is 3.39. The van der Waals surface area contributed by atoms with Gasteiger partial charge in [0.2, 0.25) is 0 Å². The van der Waals surface area contributed by atoms with E-state index >= 15 is 0 Å². The number of aromatic nitrogens is 1. The van der Waals surface area contributed by atoms with Crippen molar-refractivity contribution in [3.63, 3.8) is 0 Å². The van der Waals surface area contributed by atoms with Crippen LogP contribution < -0.4 is 10.2 Å². The smallest absolute Gasteiger partial charge is 0.122 e. The maximum absolute atomic E-state index is 13.1. The van der Waals surface area contributed by atoms with Crippen LogP contribution in [0.5, 0.6) is 5.75 Å². The third-order valence-electron chi connectivity index (χ3n) is 2.10. The first kappa shape index (κ1) is 10.7. The summed E-state index contributed by atoms with van der Waals surface area (Å²) in [5, 5.41) is 0. The molecule has 0 N–H and O–H groups in total. The van der Waals surface area contributed by atoms with Crippen molar-refractivity contribution in [1.29, 1.82) is 0 Å². The number of hydrogen-bond acceptors (Lipinski definition) is 2. The van der Waals surface area contributed by atoms with Crippen LogP contribution in [0.1, 0.15) is 5.56 Å². The molecule has 16 heavy (non-hydrogen) atoms. The Labute approximate surface area is 94.5 Å². The van der Waals surface area contributed by atoms with Gasteiger partial charge in [-0.3, -0.25) is 4.98 Å². The maximum Gasteiger partial charge on any atom is 0.122 e. The lowest BCUT2D eigenvalue weighted by atomic mass is 9.96. The predicted octanol–water partition coefficient (Wildman–Crippen LogP) is 1.59. The van der Waals surface area contributed by atoms with E-state index in [2.05, 4.69) is 4.98 Å². The molecule has 2 aromatic rings. The topological polar surface area (TPSA) is 22.1 Å². The van der Waals surface area contributed by atoms with Gasteiger partial charge in [-0.25, -0.2) is 4.39 Å². The molecular formula is C12H9BFNO. The van der Waals surface area contributed by atoms with Crippen LogP contribution in [0.2, 0.25) is 0 Å². The van der Waals surface area contributed by atoms with Gasteiger partial charge in [0.1, 0.15) is 26.0 Å². The lowest BCUT2D eigenvalue weighted by Gasteiger charge is -2.06. The van der Waals surface area contributed by atoms with Crippen LogP contribution in [0.3, 0.4) is 0 Å². The molecule has 78 valence electrons. The SMILES string of the molecule is [B]c1ccc(OCc2cccnc2)cc1F. The van der Waals surface area contributed by atoms with Gasteiger partial charge < -0.3 is 4.74 Å². The van der Waals surface area contributed by atoms with Crippen molar-refractivity contribution in [2.24, 2.45) is 0 Å². The highest BCUT2D eigenvalue weighted by atomic mass is 19.1. The molecule has 0 aliphatic carbocycles. The van der Waals surface area contributed by atoms with Crippen LogP contribution in [0.4, 0.5) is 4.39 Å². The summed E-state index contributed by atoms with van der Waals surface area (Å²) in [5.41, 5.74) is 1.05. The minimum atomic E-state index is -0.469. The van der Waals surface area contributed by atoms with Gasteiger partial charge in [-0.2, -0.15) is 0 Å². The molecule has 1 aromatic heterocycles. The van der Waals surface area contributed by atoms with Crippen molar-refractivity contribution >= 4 is 13.3 Å². The van der Waals surface area contributed by atoms with E-state index in [4.69, 9.17) is 12.6 Å². The van der Waals surface area contributed by atoms with Crippen molar-refractivity contribution in [2.75, 3.05) is 0 Å². The second-order valence-electron chi connectivity index (χ2n) is 3.33. The minimum Gasteiger partial charge on any atom is -0.489 e. The number of rotatable bonds is 3. The average Bonchev–Trinajstić information content (AvgIpc) is 2.32. The zero-order valence-electron chi connectivity index (χ0n) is 8.56. The summed E-state index contributed by atoms with van der Waals surface area (Å²) >= 11 is 0. The van der Waals surface area contributed by atoms with Crippen LogP contribution >= 0.6 is 0 Å². The molecule has 2 nitrogen and oxygen atoms in total. The Kier molecular flexibility index (Phi) is 3.20. The monoisotopic (exact) mass is 213 g/mol. The molecule has 0 saturated carbocycles. The van der Waals surface area contributed by atoms with E-state index in [1.54, 1.807) is 18.5 Å². The van der Waals surface area contributed by atoms with E-state index in [1.165, 1.54) is 12.1 Å². The number of hydrogen-bond donors (Lipinski definition) is 0. The van der Waals surface area contributed by atoms with Crippen molar-refractivity contribution < 1.29 is 9.13 Å². The Morgan fingerprint density at radius 2 is 2.19 bits per heavy atom. The molecule has 0 saturated heterocycles. The van der Waals surface area contributed by atoms with Crippen LogP contribution in [0.25, 0.3) is 0 Å². The highest BCUT2D eigenvalue weighted by Crippen LogP contribution is 2.12. The molecule has 1 aromatic carbocycles. The van der Waals surface area contributed by atoms with Gasteiger partial charge in [0.25, 0.3) is 0 Å². The quantitative estimate of drug-likeness (QED) is 0.722. The minimum absolute atomic E-state index is 0.119. The molecule has 1 heterocycles. The summed E-state index contributed by atoms with van der Waals surface area (Å²) < 4.78 is 18.5. The van der Waals surface area contributed by atoms with Crippen LogP contribution in [-0.4, -0.2) is 12.8 Å². The maximum atomic E-state index is 13.1. The number of benzene rings is 1. The molecule has 0 atom stereocenters. The first-order valence-corrected chi connectivity index (χ1v) is 4.82. The summed E-state index contributed by atoms with van der Waals surface area (Å²) in [6, 6.07) is 8.09. The molecule has 0 fully saturated rings. The summed E-state index contributed by atoms with van der Waals surface area (Å²) in [6.45, 7) is 0.358. The van der Waals surface area contributed by atoms with E-state index in [0.29, 0.717) is 12.4 Å². The Hall–Kier alpha value is -1.84. The van der Waals surface area contributed by atoms with Crippen LogP contribution in [0, 0.1) is 5.82 Å². The Balaban J connectivity index is 2.03. The lowest BCUT2D eigenvalue weighted by Crippen LogP contribution is -2.07. The van der Waals surface area contributed by atoms with Gasteiger partial charge in [0.05, 0.1) is 0 Å². The molecule has 4 heteroatoms. The lowest BCUT2D eigenvalue weighted by molar-refractivity contribution is 0.304. The summed E-state index contributed by atoms with van der Waals surface area (Å²) in [4.78, 5) is 3.95. The molecule has 0 amide bonds. The summed E-state index contributed by atoms with van der Waals surface area (Å²) in [7, 11) is 5.36. The third-order valence-corrected chi connectivity index (χ3v) is 2.10. The molecule has 0 aliphatic heterocycles. The van der Waals surface area contributed by atoms with Gasteiger partial charge in [-0.05, 0) is 12.1 Å². The molecule has 0 bridgehead atoms. The average molecular weight is 213 g/mol. The van der Waals surface area contributed by atoms with Crippen LogP contribution in [-0.2, 0) is 6.61 Å². The van der Waals surface area contributed by atoms with Crippen molar-refractivity contribution in [1.82, 2.24) is 4.98 Å². The van der Waals surface area contributed by atoms with Gasteiger partial charge in [0, 0.05) is 24.0 Å².